The Balaban J connectivity index is 2.66. The van der Waals surface area contributed by atoms with E-state index in [1.165, 1.54) is 0 Å². The first-order valence-electron chi connectivity index (χ1n) is 6.05. The number of benzene rings is 1. The molecule has 0 saturated carbocycles. The van der Waals surface area contributed by atoms with Crippen molar-refractivity contribution in [2.75, 3.05) is 0 Å². The van der Waals surface area contributed by atoms with Crippen molar-refractivity contribution in [2.24, 2.45) is 22.5 Å². The Bertz CT molecular complexity index is 454. The summed E-state index contributed by atoms with van der Waals surface area (Å²) in [6, 6.07) is 6.84. The lowest BCUT2D eigenvalue weighted by atomic mass is 10.0. The monoisotopic (exact) mass is 264 g/mol. The minimum atomic E-state index is -0.358. The molecular formula is C13H20N4O2. The first-order valence-corrected chi connectivity index (χ1v) is 6.05. The van der Waals surface area contributed by atoms with Crippen LogP contribution in [0.2, 0.25) is 0 Å². The minimum Gasteiger partial charge on any atom is -0.409 e. The molecule has 0 aliphatic heterocycles. The van der Waals surface area contributed by atoms with Crippen molar-refractivity contribution in [2.45, 2.75) is 26.4 Å². The molecule has 0 spiro atoms. The summed E-state index contributed by atoms with van der Waals surface area (Å²) in [4.78, 5) is 11.2. The van der Waals surface area contributed by atoms with Gasteiger partial charge in [0.2, 0.25) is 5.91 Å². The number of carbonyl (C=O) groups excluding carboxylic acids is 1. The van der Waals surface area contributed by atoms with Crippen LogP contribution in [0.1, 0.15) is 25.0 Å². The number of carbonyl (C=O) groups is 1. The van der Waals surface area contributed by atoms with E-state index in [0.29, 0.717) is 12.1 Å². The summed E-state index contributed by atoms with van der Waals surface area (Å²) in [5.74, 6) is -0.158. The average molecular weight is 264 g/mol. The number of hydrogen-bond acceptors (Lipinski definition) is 4. The maximum atomic E-state index is 11.2. The molecule has 6 nitrogen and oxygen atoms in total. The van der Waals surface area contributed by atoms with Crippen LogP contribution in [0.4, 0.5) is 0 Å². The van der Waals surface area contributed by atoms with Gasteiger partial charge in [0.15, 0.2) is 5.84 Å². The van der Waals surface area contributed by atoms with E-state index in [1.807, 2.05) is 26.0 Å². The van der Waals surface area contributed by atoms with Gasteiger partial charge in [-0.1, -0.05) is 43.3 Å². The van der Waals surface area contributed by atoms with Gasteiger partial charge in [-0.05, 0) is 11.5 Å². The van der Waals surface area contributed by atoms with E-state index in [-0.39, 0.29) is 23.7 Å². The lowest BCUT2D eigenvalue weighted by Crippen LogP contribution is -2.44. The Kier molecular flexibility index (Phi) is 5.32. The van der Waals surface area contributed by atoms with Crippen molar-refractivity contribution in [3.8, 4) is 0 Å². The SMILES string of the molecule is CC(C)C(NCc1ccc(/C(N)=N/O)cc1)C(N)=O. The maximum Gasteiger partial charge on any atom is 0.234 e. The normalized spacial score (nSPS) is 13.5. The molecule has 0 aromatic heterocycles. The summed E-state index contributed by atoms with van der Waals surface area (Å²) in [5.41, 5.74) is 12.4. The summed E-state index contributed by atoms with van der Waals surface area (Å²) in [5, 5.41) is 14.6. The Morgan fingerprint density at radius 2 is 1.89 bits per heavy atom. The molecule has 19 heavy (non-hydrogen) atoms. The second kappa shape index (κ2) is 6.75. The van der Waals surface area contributed by atoms with Gasteiger partial charge in [0.05, 0.1) is 6.04 Å². The van der Waals surface area contributed by atoms with Crippen LogP contribution in [0.3, 0.4) is 0 Å². The number of amides is 1. The molecule has 1 atom stereocenters. The molecule has 0 fully saturated rings. The number of nitrogens with zero attached hydrogens (tertiary/aromatic N) is 1. The van der Waals surface area contributed by atoms with Crippen LogP contribution in [-0.4, -0.2) is 23.0 Å². The van der Waals surface area contributed by atoms with Gasteiger partial charge in [-0.25, -0.2) is 0 Å². The molecule has 0 radical (unpaired) electrons. The molecule has 0 aliphatic rings. The van der Waals surface area contributed by atoms with Gasteiger partial charge in [0, 0.05) is 12.1 Å². The zero-order valence-corrected chi connectivity index (χ0v) is 11.1. The highest BCUT2D eigenvalue weighted by Crippen LogP contribution is 2.06. The Morgan fingerprint density at radius 3 is 2.32 bits per heavy atom. The second-order valence-electron chi connectivity index (χ2n) is 4.69. The molecule has 0 saturated heterocycles. The number of amidine groups is 1. The van der Waals surface area contributed by atoms with Crippen molar-refractivity contribution in [1.29, 1.82) is 0 Å². The van der Waals surface area contributed by atoms with E-state index in [0.717, 1.165) is 5.56 Å². The van der Waals surface area contributed by atoms with Crippen molar-refractivity contribution in [1.82, 2.24) is 5.32 Å². The predicted molar refractivity (Wildman–Crippen MR) is 73.6 cm³/mol. The number of primary amides is 1. The second-order valence-corrected chi connectivity index (χ2v) is 4.69. The highest BCUT2D eigenvalue weighted by atomic mass is 16.4. The zero-order valence-electron chi connectivity index (χ0n) is 11.1. The zero-order chi connectivity index (χ0) is 14.4. The molecule has 104 valence electrons. The highest BCUT2D eigenvalue weighted by Gasteiger charge is 2.18. The van der Waals surface area contributed by atoms with Crippen molar-refractivity contribution in [3.05, 3.63) is 35.4 Å². The van der Waals surface area contributed by atoms with Crippen molar-refractivity contribution < 1.29 is 10.0 Å². The maximum absolute atomic E-state index is 11.2. The van der Waals surface area contributed by atoms with E-state index in [4.69, 9.17) is 16.7 Å². The topological polar surface area (TPSA) is 114 Å². The number of oxime groups is 1. The van der Waals surface area contributed by atoms with E-state index < -0.39 is 0 Å². The third-order valence-corrected chi connectivity index (χ3v) is 2.86. The largest absolute Gasteiger partial charge is 0.409 e. The smallest absolute Gasteiger partial charge is 0.234 e. The summed E-state index contributed by atoms with van der Waals surface area (Å²) < 4.78 is 0. The van der Waals surface area contributed by atoms with Crippen LogP contribution in [0.25, 0.3) is 0 Å². The quantitative estimate of drug-likeness (QED) is 0.257. The third kappa shape index (κ3) is 4.26. The van der Waals surface area contributed by atoms with Gasteiger partial charge in [0.25, 0.3) is 0 Å². The molecular weight excluding hydrogens is 244 g/mol. The summed E-state index contributed by atoms with van der Waals surface area (Å²) in [7, 11) is 0. The van der Waals surface area contributed by atoms with E-state index in [1.54, 1.807) is 12.1 Å². The van der Waals surface area contributed by atoms with E-state index >= 15 is 0 Å². The van der Waals surface area contributed by atoms with Crippen LogP contribution >= 0.6 is 0 Å². The summed E-state index contributed by atoms with van der Waals surface area (Å²) in [6.07, 6.45) is 0. The van der Waals surface area contributed by atoms with Crippen LogP contribution < -0.4 is 16.8 Å². The molecule has 1 aromatic carbocycles. The Labute approximate surface area is 112 Å². The highest BCUT2D eigenvalue weighted by molar-refractivity contribution is 5.96. The number of nitrogens with two attached hydrogens (primary N) is 2. The van der Waals surface area contributed by atoms with E-state index in [9.17, 15) is 4.79 Å². The van der Waals surface area contributed by atoms with Gasteiger partial charge in [-0.2, -0.15) is 0 Å². The standard InChI is InChI=1S/C13H20N4O2/c1-8(2)11(13(15)18)16-7-9-3-5-10(6-4-9)12(14)17-19/h3-6,8,11,16,19H,7H2,1-2H3,(H2,14,17)(H2,15,18). The molecule has 6 heteroatoms. The minimum absolute atomic E-state index is 0.0664. The van der Waals surface area contributed by atoms with Gasteiger partial charge < -0.3 is 22.0 Å². The molecule has 0 aliphatic carbocycles. The lowest BCUT2D eigenvalue weighted by Gasteiger charge is -2.19. The van der Waals surface area contributed by atoms with Crippen molar-refractivity contribution in [3.63, 3.8) is 0 Å². The average Bonchev–Trinajstić information content (AvgIpc) is 2.38. The van der Waals surface area contributed by atoms with E-state index in [2.05, 4.69) is 10.5 Å². The van der Waals surface area contributed by atoms with Crippen LogP contribution in [0.15, 0.2) is 29.4 Å². The fourth-order valence-electron chi connectivity index (χ4n) is 1.74. The van der Waals surface area contributed by atoms with Crippen LogP contribution in [0, 0.1) is 5.92 Å². The van der Waals surface area contributed by atoms with Gasteiger partial charge in [-0.3, -0.25) is 4.79 Å². The lowest BCUT2D eigenvalue weighted by molar-refractivity contribution is -0.121. The summed E-state index contributed by atoms with van der Waals surface area (Å²) in [6.45, 7) is 4.40. The van der Waals surface area contributed by atoms with Crippen LogP contribution in [0.5, 0.6) is 0 Å². The van der Waals surface area contributed by atoms with Crippen molar-refractivity contribution >= 4 is 11.7 Å². The first-order chi connectivity index (χ1) is 8.95. The molecule has 6 N–H and O–H groups in total. The summed E-state index contributed by atoms with van der Waals surface area (Å²) >= 11 is 0. The van der Waals surface area contributed by atoms with Gasteiger partial charge >= 0.3 is 0 Å². The number of nitrogens with one attached hydrogen (secondary N) is 1. The molecule has 0 bridgehead atoms. The molecule has 0 heterocycles. The van der Waals surface area contributed by atoms with Gasteiger partial charge in [0.1, 0.15) is 0 Å². The fraction of sp³-hybridized carbons (Fsp3) is 0.385. The van der Waals surface area contributed by atoms with Gasteiger partial charge in [-0.15, -0.1) is 0 Å². The number of hydrogen-bond donors (Lipinski definition) is 4. The van der Waals surface area contributed by atoms with Crippen LogP contribution in [-0.2, 0) is 11.3 Å². The molecule has 1 aromatic rings. The number of rotatable bonds is 6. The third-order valence-electron chi connectivity index (χ3n) is 2.86. The molecule has 1 rings (SSSR count). The molecule has 1 unspecified atom stereocenters. The predicted octanol–water partition coefficient (Wildman–Crippen LogP) is 0.381. The Hall–Kier alpha value is -2.08. The fourth-order valence-corrected chi connectivity index (χ4v) is 1.74. The first kappa shape index (κ1) is 15.0. The molecule has 1 amide bonds. The Morgan fingerprint density at radius 1 is 1.32 bits per heavy atom.